The van der Waals surface area contributed by atoms with Crippen molar-refractivity contribution >= 4 is 0 Å². The number of hydrogen-bond donors (Lipinski definition) is 0. The normalized spacial score (nSPS) is 48.8. The minimum Gasteiger partial charge on any atom is -0.0628 e. The fourth-order valence-electron chi connectivity index (χ4n) is 9.81. The first-order valence-corrected chi connectivity index (χ1v) is 13.6. The van der Waals surface area contributed by atoms with E-state index in [-0.39, 0.29) is 0 Å². The number of unbranched alkanes of at least 4 members (excludes halogenated alkanes) is 1. The Morgan fingerprint density at radius 2 is 1.45 bits per heavy atom. The van der Waals surface area contributed by atoms with E-state index in [1.165, 1.54) is 44.9 Å². The SMILES string of the molecule is CC(C)CCCCC1CCC2C3CCC4C(C)(C)C(C)CCC4(C)C3CCC12C. The molecule has 168 valence electrons. The van der Waals surface area contributed by atoms with Gasteiger partial charge in [0, 0.05) is 0 Å². The maximum Gasteiger partial charge on any atom is -0.0261 e. The summed E-state index contributed by atoms with van der Waals surface area (Å²) < 4.78 is 0. The quantitative estimate of drug-likeness (QED) is 0.403. The van der Waals surface area contributed by atoms with Crippen molar-refractivity contribution < 1.29 is 0 Å². The van der Waals surface area contributed by atoms with Gasteiger partial charge in [-0.2, -0.15) is 0 Å². The fraction of sp³-hybridized carbons (Fsp3) is 1.00. The van der Waals surface area contributed by atoms with Gasteiger partial charge in [-0.25, -0.2) is 0 Å². The molecule has 0 aromatic carbocycles. The van der Waals surface area contributed by atoms with Crippen LogP contribution in [0.4, 0.5) is 0 Å². The van der Waals surface area contributed by atoms with Crippen molar-refractivity contribution in [2.24, 2.45) is 57.7 Å². The molecule has 4 aliphatic carbocycles. The Bertz CT molecular complexity index is 573. The first-order chi connectivity index (χ1) is 13.6. The van der Waals surface area contributed by atoms with Crippen molar-refractivity contribution in [3.8, 4) is 0 Å². The summed E-state index contributed by atoms with van der Waals surface area (Å²) >= 11 is 0. The molecule has 0 aromatic rings. The van der Waals surface area contributed by atoms with E-state index in [2.05, 4.69) is 48.5 Å². The van der Waals surface area contributed by atoms with E-state index in [0.29, 0.717) is 16.2 Å². The summed E-state index contributed by atoms with van der Waals surface area (Å²) in [4.78, 5) is 0. The second-order valence-electron chi connectivity index (χ2n) is 13.8. The van der Waals surface area contributed by atoms with E-state index in [4.69, 9.17) is 0 Å². The van der Waals surface area contributed by atoms with Gasteiger partial charge in [-0.05, 0) is 115 Å². The van der Waals surface area contributed by atoms with E-state index >= 15 is 0 Å². The van der Waals surface area contributed by atoms with Crippen molar-refractivity contribution in [3.05, 3.63) is 0 Å². The van der Waals surface area contributed by atoms with Gasteiger partial charge in [-0.1, -0.05) is 67.7 Å². The number of fused-ring (bicyclic) bond motifs is 5. The van der Waals surface area contributed by atoms with Crippen LogP contribution in [0.25, 0.3) is 0 Å². The summed E-state index contributed by atoms with van der Waals surface area (Å²) in [6.45, 7) is 18.1. The molecule has 4 rings (SSSR count). The molecular weight excluding hydrogens is 348 g/mol. The minimum absolute atomic E-state index is 0.549. The van der Waals surface area contributed by atoms with Crippen LogP contribution < -0.4 is 0 Å². The summed E-state index contributed by atoms with van der Waals surface area (Å²) in [7, 11) is 0. The van der Waals surface area contributed by atoms with Crippen molar-refractivity contribution in [2.75, 3.05) is 0 Å². The van der Waals surface area contributed by atoms with Crippen LogP contribution in [0.3, 0.4) is 0 Å². The molecule has 0 saturated heterocycles. The molecule has 4 aliphatic rings. The van der Waals surface area contributed by atoms with Crippen molar-refractivity contribution in [2.45, 2.75) is 126 Å². The summed E-state index contributed by atoms with van der Waals surface area (Å²) in [5.74, 6) is 6.94. The molecule has 4 fully saturated rings. The standard InChI is InChI=1S/C29H52/c1-20(2)10-8-9-11-22-12-14-24-23-13-15-26-27(4,5)21(3)16-18-29(26,7)25(23)17-19-28(22,24)6/h20-26H,8-19H2,1-7H3. The predicted molar refractivity (Wildman–Crippen MR) is 127 cm³/mol. The highest BCUT2D eigenvalue weighted by molar-refractivity contribution is 5.11. The molecular formula is C29H52. The Hall–Kier alpha value is 0. The molecule has 8 atom stereocenters. The minimum atomic E-state index is 0.549. The monoisotopic (exact) mass is 400 g/mol. The first-order valence-electron chi connectivity index (χ1n) is 13.6. The second kappa shape index (κ2) is 7.85. The largest absolute Gasteiger partial charge is 0.0628 e. The van der Waals surface area contributed by atoms with Crippen LogP contribution >= 0.6 is 0 Å². The Morgan fingerprint density at radius 1 is 0.759 bits per heavy atom. The first kappa shape index (κ1) is 22.2. The molecule has 0 spiro atoms. The zero-order chi connectivity index (χ0) is 21.0. The molecule has 0 amide bonds. The predicted octanol–water partition coefficient (Wildman–Crippen LogP) is 9.13. The summed E-state index contributed by atoms with van der Waals surface area (Å²) in [5.41, 5.74) is 1.86. The Balaban J connectivity index is 1.47. The van der Waals surface area contributed by atoms with Crippen LogP contribution in [0.15, 0.2) is 0 Å². The third kappa shape index (κ3) is 3.55. The fourth-order valence-corrected chi connectivity index (χ4v) is 9.81. The Morgan fingerprint density at radius 3 is 2.17 bits per heavy atom. The smallest absolute Gasteiger partial charge is 0.0261 e. The summed E-state index contributed by atoms with van der Waals surface area (Å²) in [6, 6.07) is 0. The lowest BCUT2D eigenvalue weighted by Crippen LogP contribution is -2.57. The van der Waals surface area contributed by atoms with Gasteiger partial charge in [0.15, 0.2) is 0 Å². The highest BCUT2D eigenvalue weighted by atomic mass is 14.7. The lowest BCUT2D eigenvalue weighted by molar-refractivity contribution is -0.159. The second-order valence-corrected chi connectivity index (χ2v) is 13.8. The maximum absolute atomic E-state index is 2.75. The zero-order valence-electron chi connectivity index (χ0n) is 21.0. The van der Waals surface area contributed by atoms with E-state index in [9.17, 15) is 0 Å². The molecule has 0 nitrogen and oxygen atoms in total. The van der Waals surface area contributed by atoms with Gasteiger partial charge in [0.1, 0.15) is 0 Å². The molecule has 29 heavy (non-hydrogen) atoms. The van der Waals surface area contributed by atoms with Gasteiger partial charge in [0.05, 0.1) is 0 Å². The number of rotatable bonds is 5. The molecule has 0 bridgehead atoms. The molecule has 8 unspecified atom stereocenters. The van der Waals surface area contributed by atoms with Gasteiger partial charge in [0.2, 0.25) is 0 Å². The van der Waals surface area contributed by atoms with E-state index in [0.717, 1.165) is 41.4 Å². The molecule has 0 aromatic heterocycles. The molecule has 0 radical (unpaired) electrons. The summed E-state index contributed by atoms with van der Waals surface area (Å²) in [5, 5.41) is 0. The highest BCUT2D eigenvalue weighted by Gasteiger charge is 2.62. The van der Waals surface area contributed by atoms with E-state index in [1.807, 2.05) is 0 Å². The summed E-state index contributed by atoms with van der Waals surface area (Å²) in [6.07, 6.45) is 18.2. The third-order valence-electron chi connectivity index (χ3n) is 11.9. The van der Waals surface area contributed by atoms with Crippen molar-refractivity contribution in [3.63, 3.8) is 0 Å². The molecule has 0 heterocycles. The topological polar surface area (TPSA) is 0 Å². The third-order valence-corrected chi connectivity index (χ3v) is 11.9. The van der Waals surface area contributed by atoms with Crippen LogP contribution in [-0.2, 0) is 0 Å². The lowest BCUT2D eigenvalue weighted by Gasteiger charge is -2.65. The number of hydrogen-bond acceptors (Lipinski definition) is 0. The van der Waals surface area contributed by atoms with Crippen molar-refractivity contribution in [1.82, 2.24) is 0 Å². The molecule has 4 saturated carbocycles. The van der Waals surface area contributed by atoms with Crippen LogP contribution in [-0.4, -0.2) is 0 Å². The van der Waals surface area contributed by atoms with Gasteiger partial charge in [-0.3, -0.25) is 0 Å². The van der Waals surface area contributed by atoms with Crippen LogP contribution in [0.5, 0.6) is 0 Å². The molecule has 0 aliphatic heterocycles. The average molecular weight is 401 g/mol. The van der Waals surface area contributed by atoms with Crippen LogP contribution in [0, 0.1) is 57.7 Å². The van der Waals surface area contributed by atoms with Crippen molar-refractivity contribution in [1.29, 1.82) is 0 Å². The molecule has 0 heteroatoms. The Labute approximate surface area is 183 Å². The van der Waals surface area contributed by atoms with Gasteiger partial charge in [0.25, 0.3) is 0 Å². The van der Waals surface area contributed by atoms with Gasteiger partial charge >= 0.3 is 0 Å². The highest BCUT2D eigenvalue weighted by Crippen LogP contribution is 2.70. The zero-order valence-corrected chi connectivity index (χ0v) is 21.0. The maximum atomic E-state index is 2.75. The van der Waals surface area contributed by atoms with Gasteiger partial charge < -0.3 is 0 Å². The van der Waals surface area contributed by atoms with E-state index in [1.54, 1.807) is 32.1 Å². The van der Waals surface area contributed by atoms with Gasteiger partial charge in [-0.15, -0.1) is 0 Å². The van der Waals surface area contributed by atoms with E-state index < -0.39 is 0 Å². The molecule has 0 N–H and O–H groups in total. The average Bonchev–Trinajstić information content (AvgIpc) is 2.99. The van der Waals surface area contributed by atoms with Crippen LogP contribution in [0.1, 0.15) is 126 Å². The Kier molecular flexibility index (Phi) is 6.01. The van der Waals surface area contributed by atoms with Crippen LogP contribution in [0.2, 0.25) is 0 Å². The lowest BCUT2D eigenvalue weighted by atomic mass is 9.40.